The second-order valence-electron chi connectivity index (χ2n) is 5.37. The molecule has 0 saturated heterocycles. The summed E-state index contributed by atoms with van der Waals surface area (Å²) < 4.78 is 5.79. The van der Waals surface area contributed by atoms with Gasteiger partial charge in [-0.15, -0.1) is 0 Å². The monoisotopic (exact) mass is 279 g/mol. The summed E-state index contributed by atoms with van der Waals surface area (Å²) >= 11 is 0. The second-order valence-corrected chi connectivity index (χ2v) is 5.37. The van der Waals surface area contributed by atoms with E-state index in [4.69, 9.17) is 10.00 Å². The van der Waals surface area contributed by atoms with Crippen LogP contribution in [-0.2, 0) is 13.0 Å². The van der Waals surface area contributed by atoms with E-state index < -0.39 is 0 Å². The molecular weight excluding hydrogens is 262 g/mol. The molecule has 0 amide bonds. The second kappa shape index (κ2) is 5.99. The molecule has 2 aromatic carbocycles. The van der Waals surface area contributed by atoms with Gasteiger partial charge in [0.2, 0.25) is 0 Å². The first-order valence-electron chi connectivity index (χ1n) is 7.19. The van der Waals surface area contributed by atoms with Crippen LogP contribution in [0.25, 0.3) is 0 Å². The molecule has 1 aliphatic carbocycles. The number of fused-ring (bicyclic) bond motifs is 1. The lowest BCUT2D eigenvalue weighted by molar-refractivity contribution is 0.156. The third kappa shape index (κ3) is 3.07. The molecule has 1 unspecified atom stereocenters. The summed E-state index contributed by atoms with van der Waals surface area (Å²) in [5.41, 5.74) is 3.89. The van der Waals surface area contributed by atoms with Crippen LogP contribution in [0.4, 0.5) is 0 Å². The summed E-state index contributed by atoms with van der Waals surface area (Å²) in [4.78, 5) is 0. The molecule has 0 heterocycles. The zero-order chi connectivity index (χ0) is 14.7. The van der Waals surface area contributed by atoms with Crippen LogP contribution in [0.15, 0.2) is 42.5 Å². The number of aryl methyl sites for hydroxylation is 1. The molecule has 3 nitrogen and oxygen atoms in total. The van der Waals surface area contributed by atoms with Crippen LogP contribution >= 0.6 is 0 Å². The van der Waals surface area contributed by atoms with Crippen molar-refractivity contribution in [2.24, 2.45) is 0 Å². The van der Waals surface area contributed by atoms with Gasteiger partial charge in [0.1, 0.15) is 12.4 Å². The van der Waals surface area contributed by atoms with Gasteiger partial charge in [0, 0.05) is 0 Å². The SMILES string of the molecule is N#Cc1ccc(COc2ccc3c(c2)C(O)CCC3)cc1. The average molecular weight is 279 g/mol. The number of ether oxygens (including phenoxy) is 1. The Morgan fingerprint density at radius 2 is 2.00 bits per heavy atom. The van der Waals surface area contributed by atoms with Crippen LogP contribution in [0.5, 0.6) is 5.75 Å². The number of benzene rings is 2. The zero-order valence-electron chi connectivity index (χ0n) is 11.7. The van der Waals surface area contributed by atoms with Crippen molar-refractivity contribution in [1.82, 2.24) is 0 Å². The first-order chi connectivity index (χ1) is 10.3. The Hall–Kier alpha value is -2.31. The molecule has 0 spiro atoms. The Morgan fingerprint density at radius 3 is 2.76 bits per heavy atom. The highest BCUT2D eigenvalue weighted by Crippen LogP contribution is 2.32. The number of nitriles is 1. The van der Waals surface area contributed by atoms with Crippen LogP contribution in [0.1, 0.15) is 41.2 Å². The van der Waals surface area contributed by atoms with E-state index in [1.807, 2.05) is 30.3 Å². The summed E-state index contributed by atoms with van der Waals surface area (Å²) in [5.74, 6) is 0.777. The van der Waals surface area contributed by atoms with Gasteiger partial charge in [-0.05, 0) is 60.2 Å². The van der Waals surface area contributed by atoms with Crippen LogP contribution in [-0.4, -0.2) is 5.11 Å². The number of aliphatic hydroxyl groups is 1. The fourth-order valence-corrected chi connectivity index (χ4v) is 2.68. The van der Waals surface area contributed by atoms with Crippen LogP contribution in [0.3, 0.4) is 0 Å². The molecule has 21 heavy (non-hydrogen) atoms. The third-order valence-electron chi connectivity index (χ3n) is 3.89. The van der Waals surface area contributed by atoms with E-state index in [-0.39, 0.29) is 6.10 Å². The van der Waals surface area contributed by atoms with Crippen molar-refractivity contribution in [3.05, 3.63) is 64.7 Å². The molecular formula is C18H17NO2. The summed E-state index contributed by atoms with van der Waals surface area (Å²) in [6.45, 7) is 0.459. The van der Waals surface area contributed by atoms with Crippen molar-refractivity contribution in [2.45, 2.75) is 32.0 Å². The minimum absolute atomic E-state index is 0.368. The molecule has 0 aromatic heterocycles. The van der Waals surface area contributed by atoms with Crippen molar-refractivity contribution < 1.29 is 9.84 Å². The first-order valence-corrected chi connectivity index (χ1v) is 7.19. The largest absolute Gasteiger partial charge is 0.489 e. The highest BCUT2D eigenvalue weighted by atomic mass is 16.5. The van der Waals surface area contributed by atoms with Crippen molar-refractivity contribution in [1.29, 1.82) is 5.26 Å². The maximum absolute atomic E-state index is 10.0. The summed E-state index contributed by atoms with van der Waals surface area (Å²) in [6, 6.07) is 15.4. The lowest BCUT2D eigenvalue weighted by atomic mass is 9.89. The normalized spacial score (nSPS) is 16.9. The lowest BCUT2D eigenvalue weighted by Gasteiger charge is -2.22. The van der Waals surface area contributed by atoms with Gasteiger partial charge in [-0.2, -0.15) is 5.26 Å². The highest BCUT2D eigenvalue weighted by Gasteiger charge is 2.18. The first kappa shape index (κ1) is 13.7. The smallest absolute Gasteiger partial charge is 0.120 e. The molecule has 0 aliphatic heterocycles. The van der Waals surface area contributed by atoms with Crippen LogP contribution in [0.2, 0.25) is 0 Å². The Morgan fingerprint density at radius 1 is 1.19 bits per heavy atom. The van der Waals surface area contributed by atoms with E-state index in [2.05, 4.69) is 6.07 Å². The van der Waals surface area contributed by atoms with Gasteiger partial charge in [-0.3, -0.25) is 0 Å². The summed E-state index contributed by atoms with van der Waals surface area (Å²) in [6.07, 6.45) is 2.53. The molecule has 3 rings (SSSR count). The minimum Gasteiger partial charge on any atom is -0.489 e. The topological polar surface area (TPSA) is 53.2 Å². The van der Waals surface area contributed by atoms with E-state index in [0.29, 0.717) is 12.2 Å². The van der Waals surface area contributed by atoms with Gasteiger partial charge in [-0.1, -0.05) is 18.2 Å². The molecule has 0 radical (unpaired) electrons. The molecule has 2 aromatic rings. The van der Waals surface area contributed by atoms with Gasteiger partial charge >= 0.3 is 0 Å². The molecule has 0 fully saturated rings. The van der Waals surface area contributed by atoms with Gasteiger partial charge in [0.05, 0.1) is 17.7 Å². The Kier molecular flexibility index (Phi) is 3.89. The number of aliphatic hydroxyl groups excluding tert-OH is 1. The average Bonchev–Trinajstić information content (AvgIpc) is 2.54. The van der Waals surface area contributed by atoms with Crippen molar-refractivity contribution in [2.75, 3.05) is 0 Å². The molecule has 0 bridgehead atoms. The Balaban J connectivity index is 1.70. The standard InChI is InChI=1S/C18H17NO2/c19-11-13-4-6-14(7-5-13)12-21-16-9-8-15-2-1-3-18(20)17(15)10-16/h4-10,18,20H,1-3,12H2. The maximum Gasteiger partial charge on any atom is 0.120 e. The number of hydrogen-bond donors (Lipinski definition) is 1. The van der Waals surface area contributed by atoms with E-state index in [0.717, 1.165) is 36.1 Å². The van der Waals surface area contributed by atoms with Gasteiger partial charge < -0.3 is 9.84 Å². The molecule has 1 atom stereocenters. The van der Waals surface area contributed by atoms with Crippen molar-refractivity contribution in [3.8, 4) is 11.8 Å². The van der Waals surface area contributed by atoms with E-state index >= 15 is 0 Å². The third-order valence-corrected chi connectivity index (χ3v) is 3.89. The highest BCUT2D eigenvalue weighted by molar-refractivity contribution is 5.39. The molecule has 3 heteroatoms. The number of hydrogen-bond acceptors (Lipinski definition) is 3. The van der Waals surface area contributed by atoms with E-state index in [9.17, 15) is 5.11 Å². The predicted molar refractivity (Wildman–Crippen MR) is 79.8 cm³/mol. The Labute approximate surface area is 124 Å². The van der Waals surface area contributed by atoms with E-state index in [1.165, 1.54) is 5.56 Å². The molecule has 106 valence electrons. The summed E-state index contributed by atoms with van der Waals surface area (Å²) in [7, 11) is 0. The van der Waals surface area contributed by atoms with Gasteiger partial charge in [0.25, 0.3) is 0 Å². The van der Waals surface area contributed by atoms with Crippen molar-refractivity contribution in [3.63, 3.8) is 0 Å². The lowest BCUT2D eigenvalue weighted by Crippen LogP contribution is -2.09. The number of rotatable bonds is 3. The molecule has 1 aliphatic rings. The maximum atomic E-state index is 10.0. The quantitative estimate of drug-likeness (QED) is 0.935. The predicted octanol–water partition coefficient (Wildman–Crippen LogP) is 3.51. The Bertz CT molecular complexity index is 671. The van der Waals surface area contributed by atoms with Crippen molar-refractivity contribution >= 4 is 0 Å². The fourth-order valence-electron chi connectivity index (χ4n) is 2.68. The van der Waals surface area contributed by atoms with Crippen LogP contribution in [0, 0.1) is 11.3 Å². The van der Waals surface area contributed by atoms with Gasteiger partial charge in [0.15, 0.2) is 0 Å². The number of nitrogens with zero attached hydrogens (tertiary/aromatic N) is 1. The van der Waals surface area contributed by atoms with Gasteiger partial charge in [-0.25, -0.2) is 0 Å². The molecule has 1 N–H and O–H groups in total. The van der Waals surface area contributed by atoms with E-state index in [1.54, 1.807) is 12.1 Å². The minimum atomic E-state index is -0.368. The zero-order valence-corrected chi connectivity index (χ0v) is 11.7. The summed E-state index contributed by atoms with van der Waals surface area (Å²) in [5, 5.41) is 18.8. The molecule has 0 saturated carbocycles. The van der Waals surface area contributed by atoms with Crippen LogP contribution < -0.4 is 4.74 Å². The fraction of sp³-hybridized carbons (Fsp3) is 0.278.